The van der Waals surface area contributed by atoms with Crippen LogP contribution in [-0.4, -0.2) is 12.5 Å². The molecule has 0 aliphatic heterocycles. The van der Waals surface area contributed by atoms with Crippen molar-refractivity contribution in [1.29, 1.82) is 0 Å². The number of halogens is 2. The first-order valence-electron chi connectivity index (χ1n) is 4.78. The maximum Gasteiger partial charge on any atom is 0.263 e. The molecule has 1 aliphatic carbocycles. The van der Waals surface area contributed by atoms with E-state index in [1.807, 2.05) is 24.3 Å². The third-order valence-electron chi connectivity index (χ3n) is 2.92. The molecule has 0 bridgehead atoms. The second-order valence-electron chi connectivity index (χ2n) is 3.84. The lowest BCUT2D eigenvalue weighted by molar-refractivity contribution is -0.0449. The Labute approximate surface area is 81.9 Å². The second-order valence-corrected chi connectivity index (χ2v) is 3.84. The van der Waals surface area contributed by atoms with Gasteiger partial charge in [-0.15, -0.1) is 0 Å². The summed E-state index contributed by atoms with van der Waals surface area (Å²) in [4.78, 5) is 0. The molecule has 1 aromatic rings. The van der Waals surface area contributed by atoms with E-state index in [1.54, 1.807) is 0 Å². The summed E-state index contributed by atoms with van der Waals surface area (Å²) in [5.41, 5.74) is 7.16. The molecule has 0 unspecified atom stereocenters. The van der Waals surface area contributed by atoms with Gasteiger partial charge < -0.3 is 5.73 Å². The van der Waals surface area contributed by atoms with Crippen LogP contribution in [0.15, 0.2) is 24.3 Å². The van der Waals surface area contributed by atoms with E-state index < -0.39 is 18.4 Å². The first kappa shape index (κ1) is 9.59. The summed E-state index contributed by atoms with van der Waals surface area (Å²) >= 11 is 0. The van der Waals surface area contributed by atoms with E-state index in [2.05, 4.69) is 0 Å². The molecule has 1 aliphatic rings. The fourth-order valence-corrected chi connectivity index (χ4v) is 2.02. The molecule has 76 valence electrons. The van der Waals surface area contributed by atoms with Gasteiger partial charge in [-0.2, -0.15) is 0 Å². The lowest BCUT2D eigenvalue weighted by Gasteiger charge is -2.20. The predicted molar refractivity (Wildman–Crippen MR) is 51.3 cm³/mol. The average molecular weight is 197 g/mol. The van der Waals surface area contributed by atoms with Crippen LogP contribution in [0.4, 0.5) is 8.78 Å². The monoisotopic (exact) mass is 197 g/mol. The van der Waals surface area contributed by atoms with Gasteiger partial charge in [0.05, 0.1) is 6.54 Å². The van der Waals surface area contributed by atoms with E-state index in [9.17, 15) is 8.78 Å². The molecule has 2 rings (SSSR count). The van der Waals surface area contributed by atoms with Crippen molar-refractivity contribution >= 4 is 0 Å². The molecule has 0 radical (unpaired) electrons. The highest BCUT2D eigenvalue weighted by Crippen LogP contribution is 2.36. The Balaban J connectivity index is 2.19. The van der Waals surface area contributed by atoms with Crippen LogP contribution >= 0.6 is 0 Å². The summed E-state index contributed by atoms with van der Waals surface area (Å²) in [5, 5.41) is 0. The van der Waals surface area contributed by atoms with E-state index in [0.29, 0.717) is 12.8 Å². The molecule has 0 aromatic heterocycles. The Morgan fingerprint density at radius 1 is 1.21 bits per heavy atom. The highest BCUT2D eigenvalue weighted by Gasteiger charge is 2.41. The van der Waals surface area contributed by atoms with Crippen molar-refractivity contribution in [2.75, 3.05) is 6.54 Å². The van der Waals surface area contributed by atoms with Crippen molar-refractivity contribution < 1.29 is 8.78 Å². The van der Waals surface area contributed by atoms with Gasteiger partial charge in [-0.3, -0.25) is 0 Å². The number of rotatable bonds is 2. The van der Waals surface area contributed by atoms with Crippen LogP contribution in [0.2, 0.25) is 0 Å². The molecule has 0 saturated carbocycles. The number of hydrogen-bond acceptors (Lipinski definition) is 1. The Hall–Kier alpha value is -0.960. The summed E-state index contributed by atoms with van der Waals surface area (Å²) in [6.07, 6.45) is 0.917. The molecule has 2 N–H and O–H groups in total. The van der Waals surface area contributed by atoms with E-state index in [-0.39, 0.29) is 0 Å². The second kappa shape index (κ2) is 3.31. The van der Waals surface area contributed by atoms with Gasteiger partial charge in [0, 0.05) is 5.92 Å². The predicted octanol–water partition coefficient (Wildman–Crippen LogP) is 2.00. The fraction of sp³-hybridized carbons (Fsp3) is 0.455. The molecule has 0 atom stereocenters. The Kier molecular flexibility index (Phi) is 2.27. The lowest BCUT2D eigenvalue weighted by atomic mass is 9.98. The SMILES string of the molecule is NCC(F)(F)C1Cc2ccccc2C1. The minimum Gasteiger partial charge on any atom is -0.325 e. The van der Waals surface area contributed by atoms with Crippen molar-refractivity contribution in [3.63, 3.8) is 0 Å². The zero-order chi connectivity index (χ0) is 10.2. The number of alkyl halides is 2. The summed E-state index contributed by atoms with van der Waals surface area (Å²) in [6.45, 7) is -0.550. The highest BCUT2D eigenvalue weighted by atomic mass is 19.3. The maximum absolute atomic E-state index is 13.3. The molecule has 0 fully saturated rings. The fourth-order valence-electron chi connectivity index (χ4n) is 2.02. The molecule has 14 heavy (non-hydrogen) atoms. The first-order valence-corrected chi connectivity index (χ1v) is 4.78. The van der Waals surface area contributed by atoms with Crippen molar-refractivity contribution in [3.05, 3.63) is 35.4 Å². The summed E-state index contributed by atoms with van der Waals surface area (Å²) in [5.74, 6) is -3.33. The zero-order valence-corrected chi connectivity index (χ0v) is 7.84. The minimum atomic E-state index is -2.72. The van der Waals surface area contributed by atoms with Gasteiger partial charge in [0.25, 0.3) is 5.92 Å². The highest BCUT2D eigenvalue weighted by molar-refractivity contribution is 5.32. The number of fused-ring (bicyclic) bond motifs is 1. The molecular weight excluding hydrogens is 184 g/mol. The third-order valence-corrected chi connectivity index (χ3v) is 2.92. The van der Waals surface area contributed by atoms with Crippen LogP contribution < -0.4 is 5.73 Å². The minimum absolute atomic E-state index is 0.459. The quantitative estimate of drug-likeness (QED) is 0.771. The van der Waals surface area contributed by atoms with Crippen LogP contribution in [0, 0.1) is 5.92 Å². The van der Waals surface area contributed by atoms with Crippen molar-refractivity contribution in [2.45, 2.75) is 18.8 Å². The molecule has 0 amide bonds. The first-order chi connectivity index (χ1) is 6.63. The van der Waals surface area contributed by atoms with Crippen molar-refractivity contribution in [2.24, 2.45) is 11.7 Å². The van der Waals surface area contributed by atoms with E-state index in [4.69, 9.17) is 5.73 Å². The van der Waals surface area contributed by atoms with Crippen LogP contribution in [-0.2, 0) is 12.8 Å². The van der Waals surface area contributed by atoms with Gasteiger partial charge in [-0.05, 0) is 24.0 Å². The van der Waals surface area contributed by atoms with E-state index in [0.717, 1.165) is 11.1 Å². The molecule has 1 aromatic carbocycles. The molecule has 3 heteroatoms. The van der Waals surface area contributed by atoms with Crippen molar-refractivity contribution in [1.82, 2.24) is 0 Å². The van der Waals surface area contributed by atoms with Crippen LogP contribution in [0.5, 0.6) is 0 Å². The number of hydrogen-bond donors (Lipinski definition) is 1. The molecular formula is C11H13F2N. The topological polar surface area (TPSA) is 26.0 Å². The van der Waals surface area contributed by atoms with Gasteiger partial charge in [-0.1, -0.05) is 24.3 Å². The normalized spacial score (nSPS) is 17.1. The summed E-state index contributed by atoms with van der Waals surface area (Å²) < 4.78 is 26.6. The Morgan fingerprint density at radius 2 is 1.71 bits per heavy atom. The van der Waals surface area contributed by atoms with Crippen LogP contribution in [0.1, 0.15) is 11.1 Å². The number of nitrogens with two attached hydrogens (primary N) is 1. The molecule has 0 saturated heterocycles. The third kappa shape index (κ3) is 1.52. The summed E-state index contributed by atoms with van der Waals surface area (Å²) in [6, 6.07) is 7.62. The van der Waals surface area contributed by atoms with Gasteiger partial charge in [0.15, 0.2) is 0 Å². The van der Waals surface area contributed by atoms with Crippen molar-refractivity contribution in [3.8, 4) is 0 Å². The molecule has 0 spiro atoms. The van der Waals surface area contributed by atoms with Gasteiger partial charge in [0.1, 0.15) is 0 Å². The van der Waals surface area contributed by atoms with Crippen LogP contribution in [0.25, 0.3) is 0 Å². The molecule has 1 nitrogen and oxygen atoms in total. The van der Waals surface area contributed by atoms with Gasteiger partial charge >= 0.3 is 0 Å². The Bertz CT molecular complexity index is 311. The van der Waals surface area contributed by atoms with E-state index >= 15 is 0 Å². The Morgan fingerprint density at radius 3 is 2.14 bits per heavy atom. The maximum atomic E-state index is 13.3. The number of benzene rings is 1. The van der Waals surface area contributed by atoms with E-state index in [1.165, 1.54) is 0 Å². The largest absolute Gasteiger partial charge is 0.325 e. The molecule has 0 heterocycles. The van der Waals surface area contributed by atoms with Gasteiger partial charge in [-0.25, -0.2) is 8.78 Å². The standard InChI is InChI=1S/C11H13F2N/c12-11(13,7-14)10-5-8-3-1-2-4-9(8)6-10/h1-4,10H,5-7,14H2. The van der Waals surface area contributed by atoms with Gasteiger partial charge in [0.2, 0.25) is 0 Å². The lowest BCUT2D eigenvalue weighted by Crippen LogP contribution is -2.36. The average Bonchev–Trinajstić information content (AvgIpc) is 2.61. The summed E-state index contributed by atoms with van der Waals surface area (Å²) in [7, 11) is 0. The smallest absolute Gasteiger partial charge is 0.263 e. The zero-order valence-electron chi connectivity index (χ0n) is 7.84. The van der Waals surface area contributed by atoms with Crippen LogP contribution in [0.3, 0.4) is 0 Å².